The maximum absolute atomic E-state index is 13.3. The Hall–Kier alpha value is -4.40. The Morgan fingerprint density at radius 1 is 0.898 bits per heavy atom. The van der Waals surface area contributed by atoms with Crippen LogP contribution in [0.5, 0.6) is 11.6 Å². The van der Waals surface area contributed by atoms with Crippen LogP contribution in [-0.4, -0.2) is 119 Å². The minimum Gasteiger partial charge on any atom is -0.489 e. The molecule has 5 rings (SSSR count). The van der Waals surface area contributed by atoms with Crippen LogP contribution in [0, 0.1) is 11.3 Å². The van der Waals surface area contributed by atoms with Crippen molar-refractivity contribution in [1.82, 2.24) is 25.1 Å². The van der Waals surface area contributed by atoms with Crippen molar-refractivity contribution in [2.45, 2.75) is 162 Å². The maximum atomic E-state index is 13.3. The molecule has 0 spiro atoms. The molecule has 5 atom stereocenters. The van der Waals surface area contributed by atoms with Gasteiger partial charge in [0, 0.05) is 31.9 Å². The number of unbranched alkanes of at least 4 members (excludes halogenated alkanes) is 2. The molecule has 0 aromatic carbocycles. The van der Waals surface area contributed by atoms with Gasteiger partial charge in [0.15, 0.2) is 0 Å². The lowest BCUT2D eigenvalue weighted by molar-refractivity contribution is -0.160. The summed E-state index contributed by atoms with van der Waals surface area (Å²) in [5, 5.41) is 3.56. The highest BCUT2D eigenvalue weighted by molar-refractivity contribution is 5.87. The largest absolute Gasteiger partial charge is 0.489 e. The number of nitrogens with zero attached hydrogens (tertiary/aromatic N) is 4. The van der Waals surface area contributed by atoms with Crippen molar-refractivity contribution in [3.05, 3.63) is 24.0 Å². The summed E-state index contributed by atoms with van der Waals surface area (Å²) in [5.41, 5.74) is -0.483. The van der Waals surface area contributed by atoms with Crippen molar-refractivity contribution >= 4 is 35.0 Å². The number of pyridine rings is 2. The molecule has 15 heteroatoms. The number of nitrogens with one attached hydrogen (secondary N) is 1. The number of methoxy groups -OCH3 is 1. The van der Waals surface area contributed by atoms with E-state index < -0.39 is 58.9 Å². The van der Waals surface area contributed by atoms with Crippen LogP contribution in [-0.2, 0) is 35.0 Å². The number of amides is 2. The van der Waals surface area contributed by atoms with Gasteiger partial charge in [-0.2, -0.15) is 0 Å². The molecule has 2 aliphatic heterocycles. The van der Waals surface area contributed by atoms with Gasteiger partial charge in [-0.3, -0.25) is 9.88 Å². The molecule has 0 radical (unpaired) electrons. The molecule has 2 aromatic heterocycles. The lowest BCUT2D eigenvalue weighted by Gasteiger charge is -2.32. The van der Waals surface area contributed by atoms with Crippen molar-refractivity contribution < 1.29 is 47.6 Å². The summed E-state index contributed by atoms with van der Waals surface area (Å²) in [6, 6.07) is 0.122. The van der Waals surface area contributed by atoms with Crippen molar-refractivity contribution in [2.75, 3.05) is 33.8 Å². The van der Waals surface area contributed by atoms with Gasteiger partial charge in [0.2, 0.25) is 5.88 Å². The summed E-state index contributed by atoms with van der Waals surface area (Å²) in [4.78, 5) is 65.0. The highest BCUT2D eigenvalue weighted by atomic mass is 16.6. The molecule has 1 aliphatic carbocycles. The molecule has 2 amide bonds. The van der Waals surface area contributed by atoms with E-state index in [9.17, 15) is 19.2 Å². The number of alkyl carbamates (subject to hydrolysis) is 1. The zero-order chi connectivity index (χ0) is 43.3. The third-order valence-electron chi connectivity index (χ3n) is 10.8. The predicted molar refractivity (Wildman–Crippen MR) is 221 cm³/mol. The molecule has 1 saturated carbocycles. The van der Waals surface area contributed by atoms with Gasteiger partial charge in [-0.05, 0) is 105 Å². The molecular weight excluding hydrogens is 759 g/mol. The van der Waals surface area contributed by atoms with Gasteiger partial charge in [-0.1, -0.05) is 33.6 Å². The normalized spacial score (nSPS) is 22.1. The van der Waals surface area contributed by atoms with Crippen molar-refractivity contribution in [2.24, 2.45) is 11.3 Å². The number of likely N-dealkylation sites (tertiary alicyclic amines) is 2. The van der Waals surface area contributed by atoms with Crippen LogP contribution in [0.15, 0.2) is 18.5 Å². The Labute approximate surface area is 349 Å². The van der Waals surface area contributed by atoms with Gasteiger partial charge in [0.1, 0.15) is 47.3 Å². The molecule has 328 valence electrons. The fourth-order valence-electron chi connectivity index (χ4n) is 7.57. The summed E-state index contributed by atoms with van der Waals surface area (Å²) in [6.07, 6.45) is 8.42. The number of ether oxygens (including phenoxy) is 6. The Kier molecular flexibility index (Phi) is 14.6. The molecular formula is C44H67N5O10. The van der Waals surface area contributed by atoms with E-state index in [0.717, 1.165) is 69.0 Å². The van der Waals surface area contributed by atoms with E-state index in [1.807, 2.05) is 26.8 Å². The number of hydrogen-bond acceptors (Lipinski definition) is 13. The third-order valence-corrected chi connectivity index (χ3v) is 10.8. The number of fused-ring (bicyclic) bond motifs is 1. The Morgan fingerprint density at radius 3 is 2.24 bits per heavy atom. The first-order valence-electron chi connectivity index (χ1n) is 21.2. The monoisotopic (exact) mass is 825 g/mol. The summed E-state index contributed by atoms with van der Waals surface area (Å²) >= 11 is 0. The molecule has 15 nitrogen and oxygen atoms in total. The Morgan fingerprint density at radius 2 is 1.59 bits per heavy atom. The fraction of sp³-hybridized carbons (Fsp3) is 0.727. The Balaban J connectivity index is 1.26. The maximum Gasteiger partial charge on any atom is 0.411 e. The average molecular weight is 826 g/mol. The average Bonchev–Trinajstić information content (AvgIpc) is 3.72. The predicted octanol–water partition coefficient (Wildman–Crippen LogP) is 7.01. The first-order valence-corrected chi connectivity index (χ1v) is 21.2. The van der Waals surface area contributed by atoms with Crippen LogP contribution in [0.3, 0.4) is 0 Å². The van der Waals surface area contributed by atoms with Crippen molar-refractivity contribution in [1.29, 1.82) is 0 Å². The van der Waals surface area contributed by atoms with Crippen molar-refractivity contribution in [3.63, 3.8) is 0 Å². The first kappa shape index (κ1) is 45.7. The van der Waals surface area contributed by atoms with Crippen LogP contribution in [0.2, 0.25) is 0 Å². The first-order chi connectivity index (χ1) is 27.6. The van der Waals surface area contributed by atoms with Gasteiger partial charge in [0.25, 0.3) is 0 Å². The minimum atomic E-state index is -0.867. The molecule has 3 fully saturated rings. The SMILES string of the molecule is COC(=O)C1CC(Oc2nc3ccncc3c(OC3CCN(C)CC3)c2CCCCC[C@@H]2C[C@H]2OC(=O)N[C@H](C(=O)OC(C)(C)C)C(C)(C)C)CN1C(=O)OC(C)(C)C. The number of rotatable bonds is 14. The zero-order valence-corrected chi connectivity index (χ0v) is 37.1. The smallest absolute Gasteiger partial charge is 0.411 e. The van der Waals surface area contributed by atoms with Crippen LogP contribution in [0.4, 0.5) is 9.59 Å². The summed E-state index contributed by atoms with van der Waals surface area (Å²) in [7, 11) is 3.42. The minimum absolute atomic E-state index is 0.00765. The van der Waals surface area contributed by atoms with Gasteiger partial charge in [0.05, 0.1) is 30.1 Å². The van der Waals surface area contributed by atoms with Gasteiger partial charge in [-0.25, -0.2) is 24.2 Å². The van der Waals surface area contributed by atoms with E-state index >= 15 is 0 Å². The molecule has 59 heavy (non-hydrogen) atoms. The number of esters is 2. The third kappa shape index (κ3) is 13.0. The second-order valence-corrected chi connectivity index (χ2v) is 19.4. The summed E-state index contributed by atoms with van der Waals surface area (Å²) in [6.45, 7) is 18.3. The fourth-order valence-corrected chi connectivity index (χ4v) is 7.57. The number of carbonyl (C=O) groups excluding carboxylic acids is 4. The molecule has 2 saturated heterocycles. The quantitative estimate of drug-likeness (QED) is 0.118. The Bertz CT molecular complexity index is 1790. The molecule has 3 aliphatic rings. The summed E-state index contributed by atoms with van der Waals surface area (Å²) < 4.78 is 35.5. The second-order valence-electron chi connectivity index (χ2n) is 19.4. The second kappa shape index (κ2) is 18.9. The van der Waals surface area contributed by atoms with E-state index in [1.54, 1.807) is 53.9 Å². The number of hydrogen-bond donors (Lipinski definition) is 1. The molecule has 2 aromatic rings. The van der Waals surface area contributed by atoms with Gasteiger partial charge in [-0.15, -0.1) is 0 Å². The lowest BCUT2D eigenvalue weighted by Crippen LogP contribution is -2.51. The topological polar surface area (TPSA) is 168 Å². The van der Waals surface area contributed by atoms with E-state index in [0.29, 0.717) is 23.6 Å². The standard InChI is InChI=1S/C44H67N5O10/c1-42(2,3)36(39(51)58-43(4,5)6)47-40(52)57-34-23-27(34)15-13-12-14-16-30-35(55-28-18-21-48(10)22-19-28)31-25-45-20-17-32(31)46-37(30)56-29-24-33(38(50)54-11)49(26-29)41(53)59-44(7,8)9/h17,20,25,27-29,33-34,36H,12-16,18-19,21-24,26H2,1-11H3,(H,47,52)/t27-,29?,33?,34-,36-/m1/s1. The van der Waals surface area contributed by atoms with Gasteiger partial charge < -0.3 is 38.6 Å². The van der Waals surface area contributed by atoms with Crippen LogP contribution in [0.25, 0.3) is 10.9 Å². The zero-order valence-electron chi connectivity index (χ0n) is 37.1. The molecule has 4 heterocycles. The molecule has 0 bridgehead atoms. The van der Waals surface area contributed by atoms with Crippen LogP contribution < -0.4 is 14.8 Å². The molecule has 1 N–H and O–H groups in total. The number of piperidine rings is 1. The lowest BCUT2D eigenvalue weighted by atomic mass is 9.86. The highest BCUT2D eigenvalue weighted by Gasteiger charge is 2.45. The highest BCUT2D eigenvalue weighted by Crippen LogP contribution is 2.41. The van der Waals surface area contributed by atoms with Crippen LogP contribution in [0.1, 0.15) is 119 Å². The van der Waals surface area contributed by atoms with E-state index in [4.69, 9.17) is 33.4 Å². The van der Waals surface area contributed by atoms with Gasteiger partial charge >= 0.3 is 24.1 Å². The number of aromatic nitrogens is 2. The van der Waals surface area contributed by atoms with E-state index in [1.165, 1.54) is 12.0 Å². The van der Waals surface area contributed by atoms with Crippen molar-refractivity contribution in [3.8, 4) is 11.6 Å². The van der Waals surface area contributed by atoms with E-state index in [2.05, 4.69) is 22.2 Å². The molecule has 2 unspecified atom stereocenters. The summed E-state index contributed by atoms with van der Waals surface area (Å²) in [5.74, 6) is 0.347. The number of carbonyl (C=O) groups is 4. The van der Waals surface area contributed by atoms with Crippen LogP contribution >= 0.6 is 0 Å². The van der Waals surface area contributed by atoms with E-state index in [-0.39, 0.29) is 31.1 Å².